The van der Waals surface area contributed by atoms with Gasteiger partial charge < -0.3 is 15.5 Å². The van der Waals surface area contributed by atoms with Gasteiger partial charge in [0, 0.05) is 37.9 Å². The number of aromatic nitrogens is 1. The summed E-state index contributed by atoms with van der Waals surface area (Å²) in [4.78, 5) is 11.6. The molecule has 2 atom stereocenters. The Labute approximate surface area is 187 Å². The number of hydrogen-bond acceptors (Lipinski definition) is 3. The molecule has 2 heterocycles. The second-order valence-electron chi connectivity index (χ2n) is 8.47. The Morgan fingerprint density at radius 2 is 1.89 bits per heavy atom. The van der Waals surface area contributed by atoms with Gasteiger partial charge in [-0.3, -0.25) is 4.99 Å². The Kier molecular flexibility index (Phi) is 8.23. The monoisotopic (exact) mass is 497 g/mol. The van der Waals surface area contributed by atoms with Crippen LogP contribution in [0, 0.1) is 11.8 Å². The zero-order valence-electron chi connectivity index (χ0n) is 17.1. The van der Waals surface area contributed by atoms with Crippen molar-refractivity contribution in [1.82, 2.24) is 15.6 Å². The van der Waals surface area contributed by atoms with Crippen molar-refractivity contribution >= 4 is 35.8 Å². The molecule has 1 aromatic rings. The van der Waals surface area contributed by atoms with Crippen molar-refractivity contribution in [3.8, 4) is 0 Å². The molecule has 2 N–H and O–H groups in total. The van der Waals surface area contributed by atoms with E-state index >= 15 is 0 Å². The van der Waals surface area contributed by atoms with Gasteiger partial charge in [-0.1, -0.05) is 38.2 Å². The van der Waals surface area contributed by atoms with Crippen LogP contribution in [-0.4, -0.2) is 42.7 Å². The van der Waals surface area contributed by atoms with Gasteiger partial charge in [0.15, 0.2) is 5.96 Å². The molecule has 1 aromatic heterocycles. The van der Waals surface area contributed by atoms with Crippen LogP contribution in [-0.2, 0) is 0 Å². The van der Waals surface area contributed by atoms with Gasteiger partial charge in [0.05, 0.1) is 0 Å². The molecule has 2 unspecified atom stereocenters. The molecule has 0 aromatic carbocycles. The first-order valence-electron chi connectivity index (χ1n) is 11.1. The summed E-state index contributed by atoms with van der Waals surface area (Å²) in [7, 11) is 0. The fraction of sp³-hybridized carbons (Fsp3) is 0.727. The highest BCUT2D eigenvalue weighted by atomic mass is 127. The average Bonchev–Trinajstić information content (AvgIpc) is 3.49. The maximum absolute atomic E-state index is 4.72. The van der Waals surface area contributed by atoms with Crippen molar-refractivity contribution in [2.75, 3.05) is 24.5 Å². The van der Waals surface area contributed by atoms with E-state index in [0.717, 1.165) is 56.1 Å². The number of pyridine rings is 1. The number of nitrogens with one attached hydrogen (secondary N) is 2. The minimum absolute atomic E-state index is 0. The van der Waals surface area contributed by atoms with E-state index in [1.54, 1.807) is 0 Å². The first kappa shape index (κ1) is 21.7. The highest BCUT2D eigenvalue weighted by molar-refractivity contribution is 14.0. The van der Waals surface area contributed by atoms with E-state index in [4.69, 9.17) is 4.99 Å². The molecule has 156 valence electrons. The predicted molar refractivity (Wildman–Crippen MR) is 128 cm³/mol. The van der Waals surface area contributed by atoms with Crippen LogP contribution in [0.2, 0.25) is 0 Å². The Hall–Kier alpha value is -1.05. The number of rotatable bonds is 5. The molecule has 1 saturated heterocycles. The summed E-state index contributed by atoms with van der Waals surface area (Å²) in [5.74, 6) is 3.99. The quantitative estimate of drug-likeness (QED) is 0.364. The number of halogens is 1. The number of piperidine rings is 1. The molecule has 2 aliphatic carbocycles. The zero-order valence-corrected chi connectivity index (χ0v) is 19.5. The van der Waals surface area contributed by atoms with Gasteiger partial charge in [-0.2, -0.15) is 0 Å². The Balaban J connectivity index is 0.00000225. The van der Waals surface area contributed by atoms with Crippen LogP contribution in [0.15, 0.2) is 29.4 Å². The lowest BCUT2D eigenvalue weighted by atomic mass is 9.85. The number of guanidine groups is 1. The van der Waals surface area contributed by atoms with E-state index in [2.05, 4.69) is 39.6 Å². The van der Waals surface area contributed by atoms with Gasteiger partial charge in [-0.05, 0) is 50.2 Å². The fourth-order valence-corrected chi connectivity index (χ4v) is 4.92. The van der Waals surface area contributed by atoms with Gasteiger partial charge in [0.2, 0.25) is 0 Å². The summed E-state index contributed by atoms with van der Waals surface area (Å²) >= 11 is 0. The highest BCUT2D eigenvalue weighted by Gasteiger charge is 2.43. The molecule has 6 heteroatoms. The van der Waals surface area contributed by atoms with Gasteiger partial charge in [-0.25, -0.2) is 4.98 Å². The number of anilines is 1. The van der Waals surface area contributed by atoms with Crippen molar-refractivity contribution in [3.63, 3.8) is 0 Å². The van der Waals surface area contributed by atoms with Crippen molar-refractivity contribution < 1.29 is 0 Å². The summed E-state index contributed by atoms with van der Waals surface area (Å²) in [5, 5.41) is 7.46. The third-order valence-corrected chi connectivity index (χ3v) is 6.54. The third kappa shape index (κ3) is 5.74. The first-order valence-corrected chi connectivity index (χ1v) is 11.1. The van der Waals surface area contributed by atoms with Crippen LogP contribution < -0.4 is 15.5 Å². The van der Waals surface area contributed by atoms with Gasteiger partial charge in [0.1, 0.15) is 5.82 Å². The minimum Gasteiger partial charge on any atom is -0.356 e. The Morgan fingerprint density at radius 3 is 2.57 bits per heavy atom. The first-order chi connectivity index (χ1) is 13.3. The van der Waals surface area contributed by atoms with Gasteiger partial charge >= 0.3 is 0 Å². The maximum Gasteiger partial charge on any atom is 0.191 e. The van der Waals surface area contributed by atoms with E-state index in [0.29, 0.717) is 12.1 Å². The van der Waals surface area contributed by atoms with E-state index < -0.39 is 0 Å². The molecule has 0 spiro atoms. The zero-order chi connectivity index (χ0) is 18.5. The second kappa shape index (κ2) is 10.6. The number of hydrogen-bond donors (Lipinski definition) is 2. The van der Waals surface area contributed by atoms with Crippen molar-refractivity contribution in [2.45, 2.75) is 70.4 Å². The van der Waals surface area contributed by atoms with Crippen LogP contribution in [0.25, 0.3) is 0 Å². The fourth-order valence-electron chi connectivity index (χ4n) is 4.92. The molecule has 0 bridgehead atoms. The standard InChI is InChI=1S/C22H35N5.HI/c1-2-23-22(26-20-16-19(20)17-8-4-3-5-9-17)25-18-11-14-27(15-12-18)21-10-6-7-13-24-21;/h6-7,10,13,17-20H,2-5,8-9,11-12,14-16H2,1H3,(H2,23,25,26);1H. The summed E-state index contributed by atoms with van der Waals surface area (Å²) in [6.45, 7) is 5.08. The Morgan fingerprint density at radius 1 is 1.11 bits per heavy atom. The van der Waals surface area contributed by atoms with E-state index in [9.17, 15) is 0 Å². The van der Waals surface area contributed by atoms with Crippen LogP contribution >= 0.6 is 24.0 Å². The van der Waals surface area contributed by atoms with Crippen LogP contribution in [0.1, 0.15) is 58.3 Å². The van der Waals surface area contributed by atoms with Crippen LogP contribution in [0.3, 0.4) is 0 Å². The minimum atomic E-state index is 0. The van der Waals surface area contributed by atoms with E-state index in [1.807, 2.05) is 12.3 Å². The summed E-state index contributed by atoms with van der Waals surface area (Å²) < 4.78 is 0. The molecule has 5 nitrogen and oxygen atoms in total. The maximum atomic E-state index is 4.72. The second-order valence-corrected chi connectivity index (χ2v) is 8.47. The van der Waals surface area contributed by atoms with Crippen LogP contribution in [0.5, 0.6) is 0 Å². The predicted octanol–water partition coefficient (Wildman–Crippen LogP) is 4.19. The lowest BCUT2D eigenvalue weighted by molar-refractivity contribution is 0.315. The smallest absolute Gasteiger partial charge is 0.191 e. The van der Waals surface area contributed by atoms with E-state index in [-0.39, 0.29) is 24.0 Å². The average molecular weight is 497 g/mol. The third-order valence-electron chi connectivity index (χ3n) is 6.54. The molecule has 28 heavy (non-hydrogen) atoms. The van der Waals surface area contributed by atoms with Crippen LogP contribution in [0.4, 0.5) is 5.82 Å². The Bertz CT molecular complexity index is 609. The lowest BCUT2D eigenvalue weighted by Crippen LogP contribution is -2.49. The molecule has 0 amide bonds. The SMILES string of the molecule is CCN=C(NC1CCN(c2ccccn2)CC1)NC1CC1C1CCCCC1.I. The van der Waals surface area contributed by atoms with Gasteiger partial charge in [0.25, 0.3) is 0 Å². The normalized spacial score (nSPS) is 26.5. The molecule has 3 fully saturated rings. The highest BCUT2D eigenvalue weighted by Crippen LogP contribution is 2.44. The molecule has 2 saturated carbocycles. The summed E-state index contributed by atoms with van der Waals surface area (Å²) in [6, 6.07) is 7.32. The topological polar surface area (TPSA) is 52.6 Å². The molecule has 1 aliphatic heterocycles. The molecule has 0 radical (unpaired) electrons. The van der Waals surface area contributed by atoms with Crippen molar-refractivity contribution in [2.24, 2.45) is 16.8 Å². The molecular weight excluding hydrogens is 461 g/mol. The molecular formula is C22H36IN5. The number of nitrogens with zero attached hydrogens (tertiary/aromatic N) is 3. The summed E-state index contributed by atoms with van der Waals surface area (Å²) in [6.07, 6.45) is 12.7. The molecule has 4 rings (SSSR count). The lowest BCUT2D eigenvalue weighted by Gasteiger charge is -2.34. The van der Waals surface area contributed by atoms with Gasteiger partial charge in [-0.15, -0.1) is 24.0 Å². The van der Waals surface area contributed by atoms with Crippen molar-refractivity contribution in [3.05, 3.63) is 24.4 Å². The number of aliphatic imine (C=N–C) groups is 1. The largest absolute Gasteiger partial charge is 0.356 e. The van der Waals surface area contributed by atoms with E-state index in [1.165, 1.54) is 38.5 Å². The van der Waals surface area contributed by atoms with Crippen molar-refractivity contribution in [1.29, 1.82) is 0 Å². The summed E-state index contributed by atoms with van der Waals surface area (Å²) in [5.41, 5.74) is 0. The molecule has 3 aliphatic rings.